The summed E-state index contributed by atoms with van der Waals surface area (Å²) in [6.07, 6.45) is 0. The highest BCUT2D eigenvalue weighted by Crippen LogP contribution is 2.30. The topological polar surface area (TPSA) is 69.1 Å². The maximum absolute atomic E-state index is 10.8. The normalized spacial score (nSPS) is 12.4. The number of nitrogens with two attached hydrogens (primary N) is 2. The lowest BCUT2D eigenvalue weighted by atomic mass is 10.2. The first-order chi connectivity index (χ1) is 7.00. The van der Waals surface area contributed by atoms with E-state index in [0.717, 1.165) is 9.37 Å². The average molecular weight is 289 g/mol. The number of amides is 1. The molecule has 3 nitrogen and oxygen atoms in total. The fourth-order valence-electron chi connectivity index (χ4n) is 0.931. The molecule has 0 radical (unpaired) electrons. The smallest absolute Gasteiger partial charge is 0.221 e. The molecule has 0 saturated carbocycles. The molecule has 1 aromatic rings. The summed E-state index contributed by atoms with van der Waals surface area (Å²) >= 11 is 5.01. The van der Waals surface area contributed by atoms with Crippen LogP contribution < -0.4 is 11.5 Å². The van der Waals surface area contributed by atoms with Crippen molar-refractivity contribution in [3.63, 3.8) is 0 Å². The molecule has 4 N–H and O–H groups in total. The molecular formula is C10H13BrN2OS. The van der Waals surface area contributed by atoms with E-state index in [-0.39, 0.29) is 11.8 Å². The Morgan fingerprint density at radius 1 is 1.60 bits per heavy atom. The highest BCUT2D eigenvalue weighted by atomic mass is 79.9. The van der Waals surface area contributed by atoms with Crippen LogP contribution in [0.15, 0.2) is 27.6 Å². The van der Waals surface area contributed by atoms with Gasteiger partial charge in [-0.3, -0.25) is 4.79 Å². The minimum absolute atomic E-state index is 0.126. The van der Waals surface area contributed by atoms with Crippen molar-refractivity contribution in [1.82, 2.24) is 0 Å². The van der Waals surface area contributed by atoms with Gasteiger partial charge in [0.2, 0.25) is 5.91 Å². The second-order valence-corrected chi connectivity index (χ2v) is 5.22. The molecule has 0 aliphatic rings. The second-order valence-electron chi connectivity index (χ2n) is 3.30. The molecule has 0 bridgehead atoms. The molecule has 1 unspecified atom stereocenters. The Bertz CT molecular complexity index is 370. The summed E-state index contributed by atoms with van der Waals surface area (Å²) in [4.78, 5) is 11.9. The Hall–Kier alpha value is -0.680. The van der Waals surface area contributed by atoms with Gasteiger partial charge in [0.25, 0.3) is 0 Å². The summed E-state index contributed by atoms with van der Waals surface area (Å²) in [6.45, 7) is 1.82. The number of nitrogen functional groups attached to an aromatic ring is 1. The number of thioether (sulfide) groups is 1. The van der Waals surface area contributed by atoms with Gasteiger partial charge in [0, 0.05) is 26.7 Å². The lowest BCUT2D eigenvalue weighted by Crippen LogP contribution is -2.22. The standard InChI is InChI=1S/C10H13BrN2OS/c1-6(10(13)14)5-15-9-3-2-7(12)4-8(9)11/h2-4,6H,5,12H2,1H3,(H2,13,14). The number of carbonyl (C=O) groups is 1. The summed E-state index contributed by atoms with van der Waals surface area (Å²) in [5.74, 6) is 0.284. The predicted molar refractivity (Wildman–Crippen MR) is 67.6 cm³/mol. The van der Waals surface area contributed by atoms with E-state index in [1.54, 1.807) is 11.8 Å². The zero-order valence-corrected chi connectivity index (χ0v) is 10.8. The van der Waals surface area contributed by atoms with Crippen molar-refractivity contribution in [1.29, 1.82) is 0 Å². The average Bonchev–Trinajstić information content (AvgIpc) is 2.15. The summed E-state index contributed by atoms with van der Waals surface area (Å²) < 4.78 is 0.948. The van der Waals surface area contributed by atoms with Crippen molar-refractivity contribution < 1.29 is 4.79 Å². The Balaban J connectivity index is 2.62. The second kappa shape index (κ2) is 5.42. The number of anilines is 1. The van der Waals surface area contributed by atoms with Gasteiger partial charge < -0.3 is 11.5 Å². The van der Waals surface area contributed by atoms with Crippen LogP contribution in [0.3, 0.4) is 0 Å². The van der Waals surface area contributed by atoms with Gasteiger partial charge in [-0.15, -0.1) is 11.8 Å². The Morgan fingerprint density at radius 2 is 2.27 bits per heavy atom. The minimum atomic E-state index is -0.269. The summed E-state index contributed by atoms with van der Waals surface area (Å²) in [7, 11) is 0. The minimum Gasteiger partial charge on any atom is -0.399 e. The van der Waals surface area contributed by atoms with Crippen molar-refractivity contribution >= 4 is 39.3 Å². The predicted octanol–water partition coefficient (Wildman–Crippen LogP) is 2.24. The van der Waals surface area contributed by atoms with Crippen molar-refractivity contribution in [2.45, 2.75) is 11.8 Å². The molecular weight excluding hydrogens is 276 g/mol. The van der Waals surface area contributed by atoms with Crippen LogP contribution in [0.1, 0.15) is 6.92 Å². The third-order valence-electron chi connectivity index (χ3n) is 1.93. The van der Waals surface area contributed by atoms with Crippen LogP contribution >= 0.6 is 27.7 Å². The number of hydrogen-bond acceptors (Lipinski definition) is 3. The highest BCUT2D eigenvalue weighted by Gasteiger charge is 2.10. The van der Waals surface area contributed by atoms with Crippen LogP contribution in [0.2, 0.25) is 0 Å². The van der Waals surface area contributed by atoms with E-state index in [4.69, 9.17) is 11.5 Å². The zero-order valence-electron chi connectivity index (χ0n) is 8.37. The van der Waals surface area contributed by atoms with E-state index >= 15 is 0 Å². The zero-order chi connectivity index (χ0) is 11.4. The van der Waals surface area contributed by atoms with Gasteiger partial charge in [0.05, 0.1) is 0 Å². The summed E-state index contributed by atoms with van der Waals surface area (Å²) in [5.41, 5.74) is 11.5. The number of rotatable bonds is 4. The monoisotopic (exact) mass is 288 g/mol. The quantitative estimate of drug-likeness (QED) is 0.659. The first-order valence-electron chi connectivity index (χ1n) is 4.48. The molecule has 0 aliphatic heterocycles. The fraction of sp³-hybridized carbons (Fsp3) is 0.300. The van der Waals surface area contributed by atoms with E-state index in [1.165, 1.54) is 0 Å². The molecule has 15 heavy (non-hydrogen) atoms. The first-order valence-corrected chi connectivity index (χ1v) is 6.25. The highest BCUT2D eigenvalue weighted by molar-refractivity contribution is 9.10. The van der Waals surface area contributed by atoms with Gasteiger partial charge in [-0.2, -0.15) is 0 Å². The van der Waals surface area contributed by atoms with Crippen LogP contribution in [0.4, 0.5) is 5.69 Å². The van der Waals surface area contributed by atoms with Gasteiger partial charge in [-0.1, -0.05) is 6.92 Å². The molecule has 0 aliphatic carbocycles. The molecule has 0 fully saturated rings. The molecule has 1 amide bonds. The molecule has 0 heterocycles. The maximum Gasteiger partial charge on any atom is 0.221 e. The van der Waals surface area contributed by atoms with Crippen LogP contribution in [-0.2, 0) is 4.79 Å². The lowest BCUT2D eigenvalue weighted by Gasteiger charge is -2.08. The van der Waals surface area contributed by atoms with Crippen molar-refractivity contribution in [3.05, 3.63) is 22.7 Å². The number of halogens is 1. The number of benzene rings is 1. The van der Waals surface area contributed by atoms with Gasteiger partial charge >= 0.3 is 0 Å². The molecule has 1 aromatic carbocycles. The van der Waals surface area contributed by atoms with Gasteiger partial charge in [-0.05, 0) is 34.1 Å². The van der Waals surface area contributed by atoms with Crippen LogP contribution in [0.5, 0.6) is 0 Å². The molecule has 5 heteroatoms. The van der Waals surface area contributed by atoms with Crippen LogP contribution in [0, 0.1) is 5.92 Å². The molecule has 82 valence electrons. The largest absolute Gasteiger partial charge is 0.399 e. The van der Waals surface area contributed by atoms with E-state index < -0.39 is 0 Å². The third-order valence-corrected chi connectivity index (χ3v) is 4.18. The Labute approximate surface area is 102 Å². The van der Waals surface area contributed by atoms with Crippen LogP contribution in [-0.4, -0.2) is 11.7 Å². The summed E-state index contributed by atoms with van der Waals surface area (Å²) in [5, 5.41) is 0. The fourth-order valence-corrected chi connectivity index (χ4v) is 2.63. The van der Waals surface area contributed by atoms with Crippen molar-refractivity contribution in [2.75, 3.05) is 11.5 Å². The van der Waals surface area contributed by atoms with E-state index in [2.05, 4.69) is 15.9 Å². The van der Waals surface area contributed by atoms with E-state index in [1.807, 2.05) is 25.1 Å². The van der Waals surface area contributed by atoms with Crippen molar-refractivity contribution in [2.24, 2.45) is 11.7 Å². The van der Waals surface area contributed by atoms with Gasteiger partial charge in [-0.25, -0.2) is 0 Å². The Kier molecular flexibility index (Phi) is 4.47. The molecule has 0 saturated heterocycles. The Morgan fingerprint density at radius 3 is 2.80 bits per heavy atom. The number of hydrogen-bond donors (Lipinski definition) is 2. The molecule has 1 atom stereocenters. The first kappa shape index (κ1) is 12.4. The van der Waals surface area contributed by atoms with Crippen molar-refractivity contribution in [3.8, 4) is 0 Å². The molecule has 1 rings (SSSR count). The number of carbonyl (C=O) groups excluding carboxylic acids is 1. The van der Waals surface area contributed by atoms with Gasteiger partial charge in [0.1, 0.15) is 0 Å². The van der Waals surface area contributed by atoms with E-state index in [9.17, 15) is 4.79 Å². The lowest BCUT2D eigenvalue weighted by molar-refractivity contribution is -0.120. The van der Waals surface area contributed by atoms with E-state index in [0.29, 0.717) is 11.4 Å². The van der Waals surface area contributed by atoms with Gasteiger partial charge in [0.15, 0.2) is 0 Å². The SMILES string of the molecule is CC(CSc1ccc(N)cc1Br)C(N)=O. The molecule has 0 aromatic heterocycles. The third kappa shape index (κ3) is 3.76. The maximum atomic E-state index is 10.8. The summed E-state index contributed by atoms with van der Waals surface area (Å²) in [6, 6.07) is 5.61. The van der Waals surface area contributed by atoms with Crippen LogP contribution in [0.25, 0.3) is 0 Å². The number of primary amides is 1. The molecule has 0 spiro atoms.